The van der Waals surface area contributed by atoms with Crippen molar-refractivity contribution in [1.29, 1.82) is 0 Å². The van der Waals surface area contributed by atoms with Crippen LogP contribution in [0.5, 0.6) is 11.5 Å². The molecule has 6 nitrogen and oxygen atoms in total. The van der Waals surface area contributed by atoms with Gasteiger partial charge in [-0.05, 0) is 26.0 Å². The van der Waals surface area contributed by atoms with Crippen LogP contribution in [0, 0.1) is 0 Å². The number of hydrogen-bond acceptors (Lipinski definition) is 5. The van der Waals surface area contributed by atoms with E-state index in [1.54, 1.807) is 25.3 Å². The number of amides is 1. The predicted octanol–water partition coefficient (Wildman–Crippen LogP) is 1.41. The molecule has 0 spiro atoms. The molecular formula is C15H22N2O4. The fraction of sp³-hybridized carbons (Fsp3) is 0.533. The lowest BCUT2D eigenvalue weighted by Gasteiger charge is -2.38. The van der Waals surface area contributed by atoms with Gasteiger partial charge in [-0.3, -0.25) is 4.79 Å². The molecule has 0 atom stereocenters. The first-order valence-corrected chi connectivity index (χ1v) is 7.02. The van der Waals surface area contributed by atoms with Gasteiger partial charge in [0.1, 0.15) is 6.61 Å². The molecule has 0 bridgehead atoms. The highest BCUT2D eigenvalue weighted by atomic mass is 16.5. The molecule has 21 heavy (non-hydrogen) atoms. The average molecular weight is 294 g/mol. The molecule has 1 saturated heterocycles. The van der Waals surface area contributed by atoms with Crippen LogP contribution in [0.3, 0.4) is 0 Å². The largest absolute Gasteiger partial charge is 0.493 e. The zero-order valence-corrected chi connectivity index (χ0v) is 12.7. The van der Waals surface area contributed by atoms with Crippen LogP contribution < -0.4 is 20.1 Å². The van der Waals surface area contributed by atoms with E-state index < -0.39 is 0 Å². The lowest BCUT2D eigenvalue weighted by atomic mass is 10.0. The molecule has 1 aromatic rings. The molecule has 116 valence electrons. The molecular weight excluding hydrogens is 272 g/mol. The number of carbonyl (C=O) groups excluding carboxylic acids is 1. The van der Waals surface area contributed by atoms with Crippen LogP contribution in [0.4, 0.5) is 5.69 Å². The van der Waals surface area contributed by atoms with Crippen molar-refractivity contribution in [3.8, 4) is 11.5 Å². The highest BCUT2D eigenvalue weighted by Gasteiger charge is 2.33. The third-order valence-electron chi connectivity index (χ3n) is 3.30. The van der Waals surface area contributed by atoms with Gasteiger partial charge >= 0.3 is 0 Å². The topological polar surface area (TPSA) is 68.8 Å². The van der Waals surface area contributed by atoms with Crippen molar-refractivity contribution < 1.29 is 19.0 Å². The summed E-state index contributed by atoms with van der Waals surface area (Å²) < 4.78 is 16.3. The number of benzene rings is 1. The van der Waals surface area contributed by atoms with E-state index >= 15 is 0 Å². The summed E-state index contributed by atoms with van der Waals surface area (Å²) in [7, 11) is 1.58. The van der Waals surface area contributed by atoms with Crippen LogP contribution >= 0.6 is 0 Å². The molecule has 1 heterocycles. The van der Waals surface area contributed by atoms with Gasteiger partial charge in [-0.15, -0.1) is 0 Å². The lowest BCUT2D eigenvalue weighted by Crippen LogP contribution is -2.59. The summed E-state index contributed by atoms with van der Waals surface area (Å²) in [4.78, 5) is 11.9. The Bertz CT molecular complexity index is 500. The second-order valence-corrected chi connectivity index (χ2v) is 5.19. The van der Waals surface area contributed by atoms with Crippen molar-refractivity contribution in [2.24, 2.45) is 0 Å². The van der Waals surface area contributed by atoms with E-state index in [4.69, 9.17) is 14.2 Å². The Kier molecular flexibility index (Phi) is 5.03. The number of methoxy groups -OCH3 is 1. The molecule has 0 unspecified atom stereocenters. The Hall–Kier alpha value is -1.79. The molecule has 1 aliphatic heterocycles. The monoisotopic (exact) mass is 294 g/mol. The quantitative estimate of drug-likeness (QED) is 0.796. The van der Waals surface area contributed by atoms with Gasteiger partial charge in [0, 0.05) is 24.8 Å². The maximum atomic E-state index is 11.9. The van der Waals surface area contributed by atoms with Crippen molar-refractivity contribution in [3.63, 3.8) is 0 Å². The average Bonchev–Trinajstić information content (AvgIpc) is 2.44. The first-order chi connectivity index (χ1) is 10.1. The molecule has 1 aromatic carbocycles. The first-order valence-electron chi connectivity index (χ1n) is 7.02. The molecule has 2 N–H and O–H groups in total. The summed E-state index contributed by atoms with van der Waals surface area (Å²) in [6.07, 6.45) is 0. The molecule has 2 rings (SSSR count). The number of nitrogens with one attached hydrogen (secondary N) is 2. The van der Waals surface area contributed by atoms with Gasteiger partial charge in [-0.25, -0.2) is 0 Å². The van der Waals surface area contributed by atoms with Crippen LogP contribution in [-0.2, 0) is 9.53 Å². The van der Waals surface area contributed by atoms with Crippen LogP contribution in [0.1, 0.15) is 13.8 Å². The second kappa shape index (κ2) is 6.78. The number of anilines is 1. The Labute approximate surface area is 124 Å². The van der Waals surface area contributed by atoms with Gasteiger partial charge in [0.15, 0.2) is 11.5 Å². The van der Waals surface area contributed by atoms with E-state index in [0.29, 0.717) is 23.8 Å². The molecule has 1 amide bonds. The van der Waals surface area contributed by atoms with Crippen LogP contribution in [0.25, 0.3) is 0 Å². The van der Waals surface area contributed by atoms with Crippen LogP contribution in [0.2, 0.25) is 0 Å². The summed E-state index contributed by atoms with van der Waals surface area (Å²) in [6.45, 7) is 5.99. The number of ether oxygens (including phenoxy) is 3. The Morgan fingerprint density at radius 1 is 1.38 bits per heavy atom. The molecule has 1 fully saturated rings. The summed E-state index contributed by atoms with van der Waals surface area (Å²) in [5.41, 5.74) is 0.429. The van der Waals surface area contributed by atoms with Crippen molar-refractivity contribution >= 4 is 11.6 Å². The third-order valence-corrected chi connectivity index (χ3v) is 3.30. The van der Waals surface area contributed by atoms with E-state index in [0.717, 1.165) is 13.1 Å². The number of hydrogen-bond donors (Lipinski definition) is 2. The van der Waals surface area contributed by atoms with Gasteiger partial charge in [0.25, 0.3) is 0 Å². The zero-order valence-electron chi connectivity index (χ0n) is 12.7. The van der Waals surface area contributed by atoms with E-state index in [1.165, 1.54) is 0 Å². The molecule has 6 heteroatoms. The maximum absolute atomic E-state index is 11.9. The Morgan fingerprint density at radius 2 is 2.14 bits per heavy atom. The lowest BCUT2D eigenvalue weighted by molar-refractivity contribution is -0.130. The van der Waals surface area contributed by atoms with Crippen molar-refractivity contribution in [3.05, 3.63) is 18.2 Å². The number of rotatable bonds is 7. The number of carbonyl (C=O) groups is 1. The molecule has 0 radical (unpaired) electrons. The summed E-state index contributed by atoms with van der Waals surface area (Å²) in [6, 6.07) is 5.28. The molecule has 0 aromatic heterocycles. The smallest absolute Gasteiger partial charge is 0.250 e. The van der Waals surface area contributed by atoms with E-state index in [-0.39, 0.29) is 18.1 Å². The highest BCUT2D eigenvalue weighted by Crippen LogP contribution is 2.30. The van der Waals surface area contributed by atoms with Gasteiger partial charge in [-0.2, -0.15) is 0 Å². The minimum absolute atomic E-state index is 0.0359. The standard InChI is InChI=1S/C15H22N2O4/c1-4-20-13-7-11(5-6-12(13)19-3)17-14(18)8-21-15(2)9-16-10-15/h5-7,16H,4,8-10H2,1-3H3,(H,17,18). The molecule has 0 saturated carbocycles. The van der Waals surface area contributed by atoms with Crippen molar-refractivity contribution in [1.82, 2.24) is 5.32 Å². The van der Waals surface area contributed by atoms with Gasteiger partial charge < -0.3 is 24.8 Å². The maximum Gasteiger partial charge on any atom is 0.250 e. The fourth-order valence-electron chi connectivity index (χ4n) is 2.04. The Morgan fingerprint density at radius 3 is 2.71 bits per heavy atom. The Balaban J connectivity index is 1.92. The first kappa shape index (κ1) is 15.6. The molecule has 0 aliphatic carbocycles. The van der Waals surface area contributed by atoms with Gasteiger partial charge in [0.2, 0.25) is 5.91 Å². The minimum atomic E-state index is -0.228. The minimum Gasteiger partial charge on any atom is -0.493 e. The van der Waals surface area contributed by atoms with Gasteiger partial charge in [0.05, 0.1) is 19.3 Å². The third kappa shape index (κ3) is 4.09. The highest BCUT2D eigenvalue weighted by molar-refractivity contribution is 5.92. The van der Waals surface area contributed by atoms with Crippen molar-refractivity contribution in [2.75, 3.05) is 38.7 Å². The SMILES string of the molecule is CCOc1cc(NC(=O)COC2(C)CNC2)ccc1OC. The van der Waals surface area contributed by atoms with Crippen LogP contribution in [0.15, 0.2) is 18.2 Å². The second-order valence-electron chi connectivity index (χ2n) is 5.19. The predicted molar refractivity (Wildman–Crippen MR) is 80.0 cm³/mol. The van der Waals surface area contributed by atoms with E-state index in [1.807, 2.05) is 13.8 Å². The zero-order chi connectivity index (χ0) is 15.3. The summed E-state index contributed by atoms with van der Waals surface area (Å²) >= 11 is 0. The van der Waals surface area contributed by atoms with Crippen LogP contribution in [-0.4, -0.2) is 44.9 Å². The fourth-order valence-corrected chi connectivity index (χ4v) is 2.04. The van der Waals surface area contributed by atoms with E-state index in [9.17, 15) is 4.79 Å². The summed E-state index contributed by atoms with van der Waals surface area (Å²) in [5.74, 6) is 1.06. The van der Waals surface area contributed by atoms with Gasteiger partial charge in [-0.1, -0.05) is 0 Å². The van der Waals surface area contributed by atoms with Crippen molar-refractivity contribution in [2.45, 2.75) is 19.4 Å². The van der Waals surface area contributed by atoms with E-state index in [2.05, 4.69) is 10.6 Å². The molecule has 1 aliphatic rings. The summed E-state index contributed by atoms with van der Waals surface area (Å²) in [5, 5.41) is 5.92. The normalized spacial score (nSPS) is 16.0.